The van der Waals surface area contributed by atoms with Crippen molar-refractivity contribution in [3.8, 4) is 5.75 Å². The molecule has 1 aromatic heterocycles. The van der Waals surface area contributed by atoms with E-state index in [0.29, 0.717) is 13.2 Å². The van der Waals surface area contributed by atoms with Crippen LogP contribution in [0.2, 0.25) is 0 Å². The minimum absolute atomic E-state index is 0.0303. The number of ether oxygens (including phenoxy) is 1. The van der Waals surface area contributed by atoms with E-state index in [1.807, 2.05) is 66.9 Å². The molecule has 0 unspecified atom stereocenters. The molecular weight excluding hydrogens is 302 g/mol. The molecule has 24 heavy (non-hydrogen) atoms. The van der Waals surface area contributed by atoms with Crippen molar-refractivity contribution in [1.82, 2.24) is 14.9 Å². The molecule has 0 atom stereocenters. The van der Waals surface area contributed by atoms with Gasteiger partial charge < -0.3 is 14.6 Å². The fourth-order valence-electron chi connectivity index (χ4n) is 2.59. The molecule has 3 aromatic rings. The Morgan fingerprint density at radius 1 is 1.17 bits per heavy atom. The number of para-hydroxylation sites is 2. The lowest BCUT2D eigenvalue weighted by atomic mass is 10.2. The van der Waals surface area contributed by atoms with Crippen molar-refractivity contribution in [3.05, 3.63) is 59.9 Å². The first-order chi connectivity index (χ1) is 11.7. The first kappa shape index (κ1) is 16.1. The number of hydrogen-bond donors (Lipinski definition) is 1. The Kier molecular flexibility index (Phi) is 4.79. The number of nitrogens with one attached hydrogen (secondary N) is 1. The van der Waals surface area contributed by atoms with Crippen molar-refractivity contribution < 1.29 is 9.53 Å². The third kappa shape index (κ3) is 3.56. The predicted molar refractivity (Wildman–Crippen MR) is 93.9 cm³/mol. The van der Waals surface area contributed by atoms with Gasteiger partial charge in [-0.05, 0) is 38.1 Å². The molecule has 1 N–H and O–H groups in total. The van der Waals surface area contributed by atoms with E-state index in [9.17, 15) is 4.79 Å². The lowest BCUT2D eigenvalue weighted by Crippen LogP contribution is -2.28. The summed E-state index contributed by atoms with van der Waals surface area (Å²) in [7, 11) is 0. The molecule has 0 aliphatic carbocycles. The predicted octanol–water partition coefficient (Wildman–Crippen LogP) is 3.06. The van der Waals surface area contributed by atoms with Gasteiger partial charge in [-0.15, -0.1) is 0 Å². The highest BCUT2D eigenvalue weighted by Gasteiger charge is 2.13. The monoisotopic (exact) mass is 323 g/mol. The van der Waals surface area contributed by atoms with Gasteiger partial charge in [0.2, 0.25) is 5.91 Å². The van der Waals surface area contributed by atoms with Gasteiger partial charge >= 0.3 is 0 Å². The number of rotatable bonds is 6. The van der Waals surface area contributed by atoms with Gasteiger partial charge in [-0.3, -0.25) is 4.79 Å². The normalized spacial score (nSPS) is 10.8. The third-order valence-electron chi connectivity index (χ3n) is 3.80. The summed E-state index contributed by atoms with van der Waals surface area (Å²) in [4.78, 5) is 16.6. The zero-order valence-electron chi connectivity index (χ0n) is 14.0. The zero-order chi connectivity index (χ0) is 16.9. The van der Waals surface area contributed by atoms with Crippen LogP contribution in [0.5, 0.6) is 5.75 Å². The van der Waals surface area contributed by atoms with E-state index < -0.39 is 0 Å². The third-order valence-corrected chi connectivity index (χ3v) is 3.80. The second-order valence-electron chi connectivity index (χ2n) is 5.66. The number of carbonyl (C=O) groups excluding carboxylic acids is 1. The maximum Gasteiger partial charge on any atom is 0.240 e. The van der Waals surface area contributed by atoms with Crippen molar-refractivity contribution in [2.24, 2.45) is 0 Å². The van der Waals surface area contributed by atoms with Gasteiger partial charge in [0.1, 0.15) is 24.7 Å². The molecule has 124 valence electrons. The summed E-state index contributed by atoms with van der Waals surface area (Å²) in [5, 5.41) is 2.83. The number of amides is 1. The van der Waals surface area contributed by atoms with Crippen LogP contribution in [0.4, 0.5) is 0 Å². The molecule has 0 aliphatic heterocycles. The molecule has 1 amide bonds. The van der Waals surface area contributed by atoms with Gasteiger partial charge in [0.05, 0.1) is 11.0 Å². The molecule has 1 heterocycles. The standard InChI is InChI=1S/C19H21N3O2/c1-3-20-19(23)12-22-17-7-5-4-6-16(17)21-18(22)13-24-15-10-8-14(2)9-11-15/h4-11H,3,12-13H2,1-2H3,(H,20,23). The summed E-state index contributed by atoms with van der Waals surface area (Å²) in [5.74, 6) is 1.50. The van der Waals surface area contributed by atoms with Crippen LogP contribution >= 0.6 is 0 Å². The zero-order valence-corrected chi connectivity index (χ0v) is 14.0. The van der Waals surface area contributed by atoms with Gasteiger partial charge in [0.25, 0.3) is 0 Å². The summed E-state index contributed by atoms with van der Waals surface area (Å²) in [6, 6.07) is 15.7. The number of benzene rings is 2. The van der Waals surface area contributed by atoms with Crippen LogP contribution in [0.25, 0.3) is 11.0 Å². The summed E-state index contributed by atoms with van der Waals surface area (Å²) < 4.78 is 7.75. The number of aryl methyl sites for hydroxylation is 1. The van der Waals surface area contributed by atoms with E-state index in [4.69, 9.17) is 4.74 Å². The number of imidazole rings is 1. The van der Waals surface area contributed by atoms with E-state index in [2.05, 4.69) is 10.3 Å². The first-order valence-electron chi connectivity index (χ1n) is 8.07. The highest BCUT2D eigenvalue weighted by atomic mass is 16.5. The van der Waals surface area contributed by atoms with Gasteiger partial charge in [-0.2, -0.15) is 0 Å². The molecule has 3 rings (SSSR count). The van der Waals surface area contributed by atoms with Gasteiger partial charge in [0.15, 0.2) is 0 Å². The Balaban J connectivity index is 1.85. The second kappa shape index (κ2) is 7.17. The SMILES string of the molecule is CCNC(=O)Cn1c(COc2ccc(C)cc2)nc2ccccc21. The largest absolute Gasteiger partial charge is 0.486 e. The molecule has 5 nitrogen and oxygen atoms in total. The Morgan fingerprint density at radius 3 is 2.67 bits per heavy atom. The fourth-order valence-corrected chi connectivity index (χ4v) is 2.59. The van der Waals surface area contributed by atoms with Crippen LogP contribution in [-0.2, 0) is 17.9 Å². The quantitative estimate of drug-likeness (QED) is 0.758. The topological polar surface area (TPSA) is 56.2 Å². The average molecular weight is 323 g/mol. The van der Waals surface area contributed by atoms with Gasteiger partial charge in [-0.25, -0.2) is 4.98 Å². The number of fused-ring (bicyclic) bond motifs is 1. The summed E-state index contributed by atoms with van der Waals surface area (Å²) in [6.45, 7) is 5.11. The van der Waals surface area contributed by atoms with Crippen molar-refractivity contribution in [2.75, 3.05) is 6.54 Å². The Bertz CT molecular complexity index is 837. The van der Waals surface area contributed by atoms with Crippen LogP contribution in [0, 0.1) is 6.92 Å². The number of nitrogens with zero attached hydrogens (tertiary/aromatic N) is 2. The molecule has 0 radical (unpaired) electrons. The van der Waals surface area contributed by atoms with Crippen LogP contribution in [0.1, 0.15) is 18.3 Å². The fraction of sp³-hybridized carbons (Fsp3) is 0.263. The van der Waals surface area contributed by atoms with Crippen molar-refractivity contribution in [2.45, 2.75) is 27.0 Å². The van der Waals surface area contributed by atoms with E-state index >= 15 is 0 Å². The van der Waals surface area contributed by atoms with Crippen LogP contribution in [-0.4, -0.2) is 22.0 Å². The number of hydrogen-bond acceptors (Lipinski definition) is 3. The average Bonchev–Trinajstić information content (AvgIpc) is 2.92. The number of likely N-dealkylation sites (N-methyl/N-ethyl adjacent to an activating group) is 1. The summed E-state index contributed by atoms with van der Waals surface area (Å²) in [5.41, 5.74) is 2.99. The smallest absolute Gasteiger partial charge is 0.240 e. The number of aromatic nitrogens is 2. The highest BCUT2D eigenvalue weighted by Crippen LogP contribution is 2.18. The molecule has 0 saturated carbocycles. The first-order valence-corrected chi connectivity index (χ1v) is 8.07. The van der Waals surface area contributed by atoms with Crippen molar-refractivity contribution >= 4 is 16.9 Å². The van der Waals surface area contributed by atoms with Crippen LogP contribution < -0.4 is 10.1 Å². The molecule has 2 aromatic carbocycles. The lowest BCUT2D eigenvalue weighted by Gasteiger charge is -2.10. The minimum Gasteiger partial charge on any atom is -0.486 e. The van der Waals surface area contributed by atoms with E-state index in [1.54, 1.807) is 0 Å². The number of carbonyl (C=O) groups is 1. The van der Waals surface area contributed by atoms with Gasteiger partial charge in [-0.1, -0.05) is 29.8 Å². The van der Waals surface area contributed by atoms with Crippen LogP contribution in [0.3, 0.4) is 0 Å². The Labute approximate surface area is 141 Å². The second-order valence-corrected chi connectivity index (χ2v) is 5.66. The van der Waals surface area contributed by atoms with Gasteiger partial charge in [0, 0.05) is 6.54 Å². The van der Waals surface area contributed by atoms with Crippen LogP contribution in [0.15, 0.2) is 48.5 Å². The van der Waals surface area contributed by atoms with E-state index in [-0.39, 0.29) is 12.5 Å². The molecule has 0 fully saturated rings. The maximum absolute atomic E-state index is 12.0. The summed E-state index contributed by atoms with van der Waals surface area (Å²) in [6.07, 6.45) is 0. The van der Waals surface area contributed by atoms with E-state index in [1.165, 1.54) is 5.56 Å². The maximum atomic E-state index is 12.0. The Morgan fingerprint density at radius 2 is 1.92 bits per heavy atom. The molecule has 0 saturated heterocycles. The molecule has 0 aliphatic rings. The molecular formula is C19H21N3O2. The minimum atomic E-state index is -0.0303. The summed E-state index contributed by atoms with van der Waals surface area (Å²) >= 11 is 0. The lowest BCUT2D eigenvalue weighted by molar-refractivity contribution is -0.121. The molecule has 0 bridgehead atoms. The Hall–Kier alpha value is -2.82. The van der Waals surface area contributed by atoms with E-state index in [0.717, 1.165) is 22.6 Å². The molecule has 5 heteroatoms. The highest BCUT2D eigenvalue weighted by molar-refractivity contribution is 5.81. The van der Waals surface area contributed by atoms with Crippen molar-refractivity contribution in [3.63, 3.8) is 0 Å². The molecule has 0 spiro atoms. The van der Waals surface area contributed by atoms with Crippen molar-refractivity contribution in [1.29, 1.82) is 0 Å².